The van der Waals surface area contributed by atoms with Gasteiger partial charge in [-0.05, 0) is 20.8 Å². The molecule has 0 aromatic heterocycles. The molecule has 6 heteroatoms. The fraction of sp³-hybridized carbons (Fsp3) is 0.909. The molecule has 2 fully saturated rings. The highest BCUT2D eigenvalue weighted by Gasteiger charge is 2.59. The fourth-order valence-corrected chi connectivity index (χ4v) is 2.16. The van der Waals surface area contributed by atoms with Crippen molar-refractivity contribution in [3.8, 4) is 0 Å². The number of hydrogen-bond acceptors (Lipinski definition) is 5. The number of carbonyl (C=O) groups excluding carboxylic acids is 1. The van der Waals surface area contributed by atoms with Crippen LogP contribution in [0.25, 0.3) is 0 Å². The van der Waals surface area contributed by atoms with Crippen molar-refractivity contribution in [3.05, 3.63) is 0 Å². The molecule has 0 saturated carbocycles. The molecular weight excluding hydrogens is 224 g/mol. The van der Waals surface area contributed by atoms with Crippen LogP contribution in [0.15, 0.2) is 0 Å². The Bertz CT molecular complexity index is 314. The smallest absolute Gasteiger partial charge is 0.408 e. The predicted octanol–water partition coefficient (Wildman–Crippen LogP) is 0.00780. The van der Waals surface area contributed by atoms with Crippen LogP contribution in [0, 0.1) is 0 Å². The van der Waals surface area contributed by atoms with Gasteiger partial charge in [0, 0.05) is 0 Å². The van der Waals surface area contributed by atoms with E-state index in [9.17, 15) is 4.79 Å². The molecule has 0 bridgehead atoms. The average Bonchev–Trinajstić information content (AvgIpc) is 2.53. The first kappa shape index (κ1) is 12.6. The van der Waals surface area contributed by atoms with Crippen LogP contribution in [0.3, 0.4) is 0 Å². The Morgan fingerprint density at radius 3 is 2.24 bits per heavy atom. The maximum atomic E-state index is 11.8. The van der Waals surface area contributed by atoms with E-state index in [4.69, 9.17) is 19.9 Å². The first-order valence-electron chi connectivity index (χ1n) is 5.72. The Kier molecular flexibility index (Phi) is 2.84. The van der Waals surface area contributed by atoms with Crippen molar-refractivity contribution in [1.29, 1.82) is 0 Å². The number of amides is 1. The minimum absolute atomic E-state index is 0.364. The van der Waals surface area contributed by atoms with Gasteiger partial charge in [0.25, 0.3) is 0 Å². The van der Waals surface area contributed by atoms with E-state index in [0.29, 0.717) is 26.4 Å². The van der Waals surface area contributed by atoms with Crippen LogP contribution in [0.1, 0.15) is 20.8 Å². The highest BCUT2D eigenvalue weighted by atomic mass is 16.6. The lowest BCUT2D eigenvalue weighted by molar-refractivity contribution is 0.0394. The molecule has 0 aliphatic carbocycles. The van der Waals surface area contributed by atoms with E-state index in [0.717, 1.165) is 0 Å². The van der Waals surface area contributed by atoms with Gasteiger partial charge in [-0.3, -0.25) is 0 Å². The molecular formula is C11H20N2O4. The van der Waals surface area contributed by atoms with E-state index in [1.165, 1.54) is 0 Å². The Hall–Kier alpha value is -0.850. The number of alkyl carbamates (subject to hydrolysis) is 1. The Labute approximate surface area is 101 Å². The van der Waals surface area contributed by atoms with Crippen LogP contribution < -0.4 is 11.1 Å². The summed E-state index contributed by atoms with van der Waals surface area (Å²) in [6.45, 7) is 6.96. The van der Waals surface area contributed by atoms with Crippen molar-refractivity contribution in [2.75, 3.05) is 26.4 Å². The molecule has 2 saturated heterocycles. The SMILES string of the molecule is CC(C)(C)OC(=O)NC12COCC1(N)COC2. The van der Waals surface area contributed by atoms with Gasteiger partial charge < -0.3 is 25.3 Å². The lowest BCUT2D eigenvalue weighted by Crippen LogP contribution is -2.68. The molecule has 2 heterocycles. The van der Waals surface area contributed by atoms with Gasteiger partial charge >= 0.3 is 6.09 Å². The van der Waals surface area contributed by atoms with Crippen molar-refractivity contribution in [1.82, 2.24) is 5.32 Å². The van der Waals surface area contributed by atoms with Gasteiger partial charge in [-0.15, -0.1) is 0 Å². The normalized spacial score (nSPS) is 36.7. The fourth-order valence-electron chi connectivity index (χ4n) is 2.16. The maximum absolute atomic E-state index is 11.8. The maximum Gasteiger partial charge on any atom is 0.408 e. The molecule has 6 nitrogen and oxygen atoms in total. The third-order valence-electron chi connectivity index (χ3n) is 3.11. The van der Waals surface area contributed by atoms with Crippen molar-refractivity contribution < 1.29 is 19.0 Å². The molecule has 3 N–H and O–H groups in total. The van der Waals surface area contributed by atoms with Gasteiger partial charge in [-0.25, -0.2) is 4.79 Å². The van der Waals surface area contributed by atoms with Crippen LogP contribution in [0.4, 0.5) is 4.79 Å². The predicted molar refractivity (Wildman–Crippen MR) is 60.7 cm³/mol. The first-order valence-corrected chi connectivity index (χ1v) is 5.72. The number of hydrogen-bond donors (Lipinski definition) is 2. The van der Waals surface area contributed by atoms with Gasteiger partial charge in [-0.2, -0.15) is 0 Å². The highest BCUT2D eigenvalue weighted by molar-refractivity contribution is 5.69. The Balaban J connectivity index is 2.05. The van der Waals surface area contributed by atoms with E-state index in [2.05, 4.69) is 5.32 Å². The van der Waals surface area contributed by atoms with Crippen LogP contribution >= 0.6 is 0 Å². The monoisotopic (exact) mass is 244 g/mol. The summed E-state index contributed by atoms with van der Waals surface area (Å²) >= 11 is 0. The summed E-state index contributed by atoms with van der Waals surface area (Å²) in [6, 6.07) is 0. The quantitative estimate of drug-likeness (QED) is 0.679. The molecule has 0 aromatic carbocycles. The highest BCUT2D eigenvalue weighted by Crippen LogP contribution is 2.34. The third-order valence-corrected chi connectivity index (χ3v) is 3.11. The number of rotatable bonds is 1. The van der Waals surface area contributed by atoms with E-state index in [1.807, 2.05) is 20.8 Å². The molecule has 2 rings (SSSR count). The van der Waals surface area contributed by atoms with Crippen LogP contribution in [-0.4, -0.2) is 49.2 Å². The third kappa shape index (κ3) is 2.25. The standard InChI is InChI=1S/C11H20N2O4/c1-9(2,3)17-8(14)13-11-6-15-4-10(11,12)5-16-7-11/h4-7,12H2,1-3H3,(H,13,14). The number of ether oxygens (including phenoxy) is 3. The summed E-state index contributed by atoms with van der Waals surface area (Å²) in [4.78, 5) is 11.8. The minimum atomic E-state index is -0.657. The van der Waals surface area contributed by atoms with Crippen LogP contribution in [0.5, 0.6) is 0 Å². The van der Waals surface area contributed by atoms with Gasteiger partial charge in [0.2, 0.25) is 0 Å². The van der Waals surface area contributed by atoms with E-state index < -0.39 is 22.8 Å². The van der Waals surface area contributed by atoms with Crippen molar-refractivity contribution in [2.45, 2.75) is 37.5 Å². The van der Waals surface area contributed by atoms with Crippen LogP contribution in [0.2, 0.25) is 0 Å². The van der Waals surface area contributed by atoms with Crippen molar-refractivity contribution in [2.24, 2.45) is 5.73 Å². The molecule has 2 aliphatic heterocycles. The van der Waals surface area contributed by atoms with E-state index in [-0.39, 0.29) is 0 Å². The zero-order valence-electron chi connectivity index (χ0n) is 10.5. The number of nitrogens with one attached hydrogen (secondary N) is 1. The van der Waals surface area contributed by atoms with Gasteiger partial charge in [0.1, 0.15) is 11.1 Å². The molecule has 0 atom stereocenters. The zero-order chi connectivity index (χ0) is 12.7. The second kappa shape index (κ2) is 3.83. The average molecular weight is 244 g/mol. The Morgan fingerprint density at radius 1 is 1.24 bits per heavy atom. The largest absolute Gasteiger partial charge is 0.444 e. The summed E-state index contributed by atoms with van der Waals surface area (Å²) in [5, 5.41) is 2.82. The Morgan fingerprint density at radius 2 is 1.76 bits per heavy atom. The summed E-state index contributed by atoms with van der Waals surface area (Å²) in [7, 11) is 0. The molecule has 0 radical (unpaired) electrons. The first-order chi connectivity index (χ1) is 7.77. The van der Waals surface area contributed by atoms with Gasteiger partial charge in [0.15, 0.2) is 0 Å². The summed E-state index contributed by atoms with van der Waals surface area (Å²) < 4.78 is 16.0. The summed E-state index contributed by atoms with van der Waals surface area (Å²) in [5.74, 6) is 0. The molecule has 17 heavy (non-hydrogen) atoms. The molecule has 98 valence electrons. The second-order valence-corrected chi connectivity index (χ2v) is 5.85. The molecule has 0 unspecified atom stereocenters. The van der Waals surface area contributed by atoms with E-state index >= 15 is 0 Å². The summed E-state index contributed by atoms with van der Waals surface area (Å²) in [6.07, 6.45) is -0.483. The minimum Gasteiger partial charge on any atom is -0.444 e. The number of nitrogens with two attached hydrogens (primary N) is 1. The van der Waals surface area contributed by atoms with Crippen molar-refractivity contribution >= 4 is 6.09 Å². The van der Waals surface area contributed by atoms with Crippen molar-refractivity contribution in [3.63, 3.8) is 0 Å². The summed E-state index contributed by atoms with van der Waals surface area (Å²) in [5.41, 5.74) is 4.35. The zero-order valence-corrected chi connectivity index (χ0v) is 10.5. The van der Waals surface area contributed by atoms with Gasteiger partial charge in [-0.1, -0.05) is 0 Å². The molecule has 2 aliphatic rings. The molecule has 0 spiro atoms. The lowest BCUT2D eigenvalue weighted by Gasteiger charge is -2.34. The second-order valence-electron chi connectivity index (χ2n) is 5.85. The lowest BCUT2D eigenvalue weighted by atomic mass is 9.84. The topological polar surface area (TPSA) is 82.8 Å². The number of fused-ring (bicyclic) bond motifs is 1. The van der Waals surface area contributed by atoms with Crippen LogP contribution in [-0.2, 0) is 14.2 Å². The van der Waals surface area contributed by atoms with E-state index in [1.54, 1.807) is 0 Å². The van der Waals surface area contributed by atoms with Gasteiger partial charge in [0.05, 0.1) is 32.0 Å². The molecule has 1 amide bonds. The number of carbonyl (C=O) groups is 1. The molecule has 0 aromatic rings.